The average Bonchev–Trinajstić information content (AvgIpc) is 2.67. The fourth-order valence-electron chi connectivity index (χ4n) is 2.94. The molecule has 3 aromatic carbocycles. The summed E-state index contributed by atoms with van der Waals surface area (Å²) in [6.45, 7) is 0. The van der Waals surface area contributed by atoms with Crippen LogP contribution in [-0.4, -0.2) is 12.9 Å². The molecule has 0 aliphatic carbocycles. The lowest BCUT2D eigenvalue weighted by atomic mass is 9.85. The minimum absolute atomic E-state index is 0.0439. The zero-order valence-corrected chi connectivity index (χ0v) is 15.8. The highest BCUT2D eigenvalue weighted by atomic mass is 35.5. The fraction of sp³-hybridized carbons (Fsp3) is 0.136. The van der Waals surface area contributed by atoms with E-state index >= 15 is 0 Å². The Morgan fingerprint density at radius 3 is 2.19 bits per heavy atom. The van der Waals surface area contributed by atoms with Crippen LogP contribution in [0.3, 0.4) is 0 Å². The summed E-state index contributed by atoms with van der Waals surface area (Å²) in [6, 6.07) is 22.3. The van der Waals surface area contributed by atoms with Gasteiger partial charge < -0.3 is 4.74 Å². The Morgan fingerprint density at radius 2 is 1.58 bits per heavy atom. The van der Waals surface area contributed by atoms with Crippen molar-refractivity contribution in [2.45, 2.75) is 12.3 Å². The second kappa shape index (κ2) is 8.39. The van der Waals surface area contributed by atoms with Gasteiger partial charge in [-0.15, -0.1) is 0 Å². The highest BCUT2D eigenvalue weighted by Crippen LogP contribution is 2.34. The lowest BCUT2D eigenvalue weighted by Crippen LogP contribution is -2.10. The van der Waals surface area contributed by atoms with Crippen LogP contribution in [0.2, 0.25) is 10.0 Å². The summed E-state index contributed by atoms with van der Waals surface area (Å²) in [4.78, 5) is 12.8. The van der Waals surface area contributed by atoms with Gasteiger partial charge in [0.05, 0.1) is 7.11 Å². The summed E-state index contributed by atoms with van der Waals surface area (Å²) < 4.78 is 5.23. The first-order valence-corrected chi connectivity index (χ1v) is 9.01. The molecule has 0 aromatic heterocycles. The van der Waals surface area contributed by atoms with Gasteiger partial charge in [-0.25, -0.2) is 0 Å². The maximum absolute atomic E-state index is 12.8. The Labute approximate surface area is 163 Å². The average molecular weight is 385 g/mol. The Balaban J connectivity index is 1.96. The topological polar surface area (TPSA) is 26.3 Å². The molecule has 0 saturated heterocycles. The molecule has 0 aliphatic rings. The van der Waals surface area contributed by atoms with Crippen LogP contribution in [0.1, 0.15) is 33.8 Å². The van der Waals surface area contributed by atoms with Crippen molar-refractivity contribution in [1.82, 2.24) is 0 Å². The van der Waals surface area contributed by atoms with E-state index in [1.165, 1.54) is 0 Å². The van der Waals surface area contributed by atoms with E-state index in [0.29, 0.717) is 22.0 Å². The van der Waals surface area contributed by atoms with Gasteiger partial charge in [-0.3, -0.25) is 4.79 Å². The number of ketones is 1. The molecule has 0 fully saturated rings. The Morgan fingerprint density at radius 1 is 0.923 bits per heavy atom. The minimum atomic E-state index is -0.141. The molecular formula is C22H18Cl2O2. The third-order valence-corrected chi connectivity index (χ3v) is 4.95. The SMILES string of the molecule is COc1ccc(C(CC(=O)c2ccc(Cl)cc2)c2ccccc2Cl)cc1. The summed E-state index contributed by atoms with van der Waals surface area (Å²) >= 11 is 12.3. The van der Waals surface area contributed by atoms with Gasteiger partial charge in [0.15, 0.2) is 5.78 Å². The molecule has 3 rings (SSSR count). The van der Waals surface area contributed by atoms with Gasteiger partial charge in [-0.05, 0) is 53.6 Å². The largest absolute Gasteiger partial charge is 0.497 e. The van der Waals surface area contributed by atoms with Gasteiger partial charge in [-0.1, -0.05) is 53.5 Å². The van der Waals surface area contributed by atoms with Crippen molar-refractivity contribution in [3.8, 4) is 5.75 Å². The quantitative estimate of drug-likeness (QED) is 0.459. The second-order valence-electron chi connectivity index (χ2n) is 5.98. The molecule has 0 spiro atoms. The molecule has 26 heavy (non-hydrogen) atoms. The maximum atomic E-state index is 12.8. The van der Waals surface area contributed by atoms with E-state index in [2.05, 4.69) is 0 Å². The Hall–Kier alpha value is -2.29. The number of benzene rings is 3. The highest BCUT2D eigenvalue weighted by molar-refractivity contribution is 6.31. The predicted molar refractivity (Wildman–Crippen MR) is 107 cm³/mol. The number of Topliss-reactive ketones (excluding diaryl/α,β-unsaturated/α-hetero) is 1. The number of hydrogen-bond acceptors (Lipinski definition) is 2. The molecule has 0 aliphatic heterocycles. The van der Waals surface area contributed by atoms with Gasteiger partial charge >= 0.3 is 0 Å². The zero-order valence-electron chi connectivity index (χ0n) is 14.3. The molecule has 1 unspecified atom stereocenters. The first-order valence-electron chi connectivity index (χ1n) is 8.25. The summed E-state index contributed by atoms with van der Waals surface area (Å²) in [5.41, 5.74) is 2.59. The third kappa shape index (κ3) is 4.27. The van der Waals surface area contributed by atoms with Crippen LogP contribution in [0.15, 0.2) is 72.8 Å². The summed E-state index contributed by atoms with van der Waals surface area (Å²) in [7, 11) is 1.63. The van der Waals surface area contributed by atoms with Crippen LogP contribution in [0, 0.1) is 0 Å². The number of halogens is 2. The summed E-state index contributed by atoms with van der Waals surface area (Å²) in [6.07, 6.45) is 0.317. The maximum Gasteiger partial charge on any atom is 0.163 e. The van der Waals surface area contributed by atoms with Crippen molar-refractivity contribution < 1.29 is 9.53 Å². The first-order chi connectivity index (χ1) is 12.6. The van der Waals surface area contributed by atoms with E-state index < -0.39 is 0 Å². The molecule has 132 valence electrons. The lowest BCUT2D eigenvalue weighted by molar-refractivity contribution is 0.0977. The number of carbonyl (C=O) groups is 1. The fourth-order valence-corrected chi connectivity index (χ4v) is 3.33. The molecular weight excluding hydrogens is 367 g/mol. The third-order valence-electron chi connectivity index (χ3n) is 4.35. The number of hydrogen-bond donors (Lipinski definition) is 0. The van der Waals surface area contributed by atoms with Crippen LogP contribution in [-0.2, 0) is 0 Å². The smallest absolute Gasteiger partial charge is 0.163 e. The van der Waals surface area contributed by atoms with E-state index in [9.17, 15) is 4.79 Å². The molecule has 4 heteroatoms. The van der Waals surface area contributed by atoms with E-state index in [1.807, 2.05) is 48.5 Å². The van der Waals surface area contributed by atoms with Crippen molar-refractivity contribution in [2.24, 2.45) is 0 Å². The minimum Gasteiger partial charge on any atom is -0.497 e. The van der Waals surface area contributed by atoms with Gasteiger partial charge in [-0.2, -0.15) is 0 Å². The van der Waals surface area contributed by atoms with Crippen molar-refractivity contribution in [3.05, 3.63) is 99.5 Å². The molecule has 0 heterocycles. The normalized spacial score (nSPS) is 11.8. The Kier molecular flexibility index (Phi) is 5.97. The van der Waals surface area contributed by atoms with Crippen molar-refractivity contribution in [1.29, 1.82) is 0 Å². The van der Waals surface area contributed by atoms with Gasteiger partial charge in [0.2, 0.25) is 0 Å². The lowest BCUT2D eigenvalue weighted by Gasteiger charge is -2.19. The van der Waals surface area contributed by atoms with E-state index in [-0.39, 0.29) is 11.7 Å². The van der Waals surface area contributed by atoms with Crippen LogP contribution >= 0.6 is 23.2 Å². The van der Waals surface area contributed by atoms with Gasteiger partial charge in [0.1, 0.15) is 5.75 Å². The second-order valence-corrected chi connectivity index (χ2v) is 6.83. The molecule has 0 radical (unpaired) electrons. The van der Waals surface area contributed by atoms with Crippen LogP contribution in [0.4, 0.5) is 0 Å². The number of rotatable bonds is 6. The van der Waals surface area contributed by atoms with E-state index in [4.69, 9.17) is 27.9 Å². The van der Waals surface area contributed by atoms with Crippen molar-refractivity contribution in [2.75, 3.05) is 7.11 Å². The molecule has 0 bridgehead atoms. The standard InChI is InChI=1S/C22H18Cl2O2/c1-26-18-12-8-15(9-13-18)20(19-4-2-3-5-21(19)24)14-22(25)16-6-10-17(23)11-7-16/h2-13,20H,14H2,1H3. The van der Waals surface area contributed by atoms with Crippen molar-refractivity contribution >= 4 is 29.0 Å². The molecule has 2 nitrogen and oxygen atoms in total. The molecule has 3 aromatic rings. The Bertz CT molecular complexity index is 887. The van der Waals surface area contributed by atoms with Gasteiger partial charge in [0, 0.05) is 27.9 Å². The van der Waals surface area contributed by atoms with E-state index in [0.717, 1.165) is 16.9 Å². The van der Waals surface area contributed by atoms with Gasteiger partial charge in [0.25, 0.3) is 0 Å². The molecule has 0 saturated carbocycles. The molecule has 0 N–H and O–H groups in total. The van der Waals surface area contributed by atoms with E-state index in [1.54, 1.807) is 31.4 Å². The van der Waals surface area contributed by atoms with Crippen molar-refractivity contribution in [3.63, 3.8) is 0 Å². The number of carbonyl (C=O) groups excluding carboxylic acids is 1. The highest BCUT2D eigenvalue weighted by Gasteiger charge is 2.21. The summed E-state index contributed by atoms with van der Waals surface area (Å²) in [5.74, 6) is 0.677. The first kappa shape index (κ1) is 18.5. The number of ether oxygens (including phenoxy) is 1. The molecule has 1 atom stereocenters. The predicted octanol–water partition coefficient (Wildman–Crippen LogP) is 6.41. The summed E-state index contributed by atoms with van der Waals surface area (Å²) in [5, 5.41) is 1.26. The molecule has 0 amide bonds. The monoisotopic (exact) mass is 384 g/mol. The van der Waals surface area contributed by atoms with Crippen LogP contribution < -0.4 is 4.74 Å². The van der Waals surface area contributed by atoms with Crippen LogP contribution in [0.25, 0.3) is 0 Å². The zero-order chi connectivity index (χ0) is 18.5. The van der Waals surface area contributed by atoms with Crippen LogP contribution in [0.5, 0.6) is 5.75 Å². The number of methoxy groups -OCH3 is 1.